The lowest BCUT2D eigenvalue weighted by molar-refractivity contribution is 0.560. The van der Waals surface area contributed by atoms with Crippen molar-refractivity contribution in [1.29, 1.82) is 5.26 Å². The fourth-order valence-corrected chi connectivity index (χ4v) is 2.56. The van der Waals surface area contributed by atoms with Crippen molar-refractivity contribution in [1.82, 2.24) is 14.9 Å². The van der Waals surface area contributed by atoms with Gasteiger partial charge in [-0.05, 0) is 50.4 Å². The molecule has 1 fully saturated rings. The van der Waals surface area contributed by atoms with Crippen LogP contribution >= 0.6 is 0 Å². The molecule has 0 radical (unpaired) electrons. The number of nitrogens with zero attached hydrogens (tertiary/aromatic N) is 3. The number of aryl methyl sites for hydroxylation is 2. The van der Waals surface area contributed by atoms with Crippen LogP contribution in [0.25, 0.3) is 11.0 Å². The largest absolute Gasteiger partial charge is 0.331 e. The maximum absolute atomic E-state index is 9.02. The van der Waals surface area contributed by atoms with E-state index in [1.165, 1.54) is 11.1 Å². The molecule has 0 amide bonds. The number of fused-ring (bicyclic) bond motifs is 1. The van der Waals surface area contributed by atoms with Crippen LogP contribution in [0.1, 0.15) is 24.2 Å². The number of rotatable bonds is 5. The van der Waals surface area contributed by atoms with Crippen molar-refractivity contribution in [2.24, 2.45) is 12.5 Å². The van der Waals surface area contributed by atoms with E-state index < -0.39 is 0 Å². The number of nitriles is 1. The van der Waals surface area contributed by atoms with Gasteiger partial charge in [-0.3, -0.25) is 0 Å². The fraction of sp³-hybridized carbons (Fsp3) is 0.500. The van der Waals surface area contributed by atoms with E-state index in [9.17, 15) is 0 Å². The van der Waals surface area contributed by atoms with Gasteiger partial charge in [-0.15, -0.1) is 0 Å². The van der Waals surface area contributed by atoms with Crippen molar-refractivity contribution in [3.8, 4) is 6.07 Å². The van der Waals surface area contributed by atoms with Crippen molar-refractivity contribution in [3.63, 3.8) is 0 Å². The minimum Gasteiger partial charge on any atom is -0.331 e. The number of nitrogens with one attached hydrogen (secondary N) is 1. The fourth-order valence-electron chi connectivity index (χ4n) is 2.56. The molecule has 1 aliphatic carbocycles. The van der Waals surface area contributed by atoms with Gasteiger partial charge in [0.05, 0.1) is 22.5 Å². The highest BCUT2D eigenvalue weighted by Crippen LogP contribution is 2.43. The van der Waals surface area contributed by atoms with E-state index in [-0.39, 0.29) is 5.41 Å². The van der Waals surface area contributed by atoms with Gasteiger partial charge in [0.15, 0.2) is 0 Å². The molecule has 20 heavy (non-hydrogen) atoms. The van der Waals surface area contributed by atoms with Crippen LogP contribution in [-0.2, 0) is 13.5 Å². The predicted molar refractivity (Wildman–Crippen MR) is 79.3 cm³/mol. The summed E-state index contributed by atoms with van der Waals surface area (Å²) in [5.74, 6) is 1.04. The number of hydrogen-bond acceptors (Lipinski definition) is 3. The summed E-state index contributed by atoms with van der Waals surface area (Å²) >= 11 is 0. The zero-order chi connectivity index (χ0) is 14.2. The summed E-state index contributed by atoms with van der Waals surface area (Å²) in [5.41, 5.74) is 3.49. The van der Waals surface area contributed by atoms with E-state index in [0.717, 1.165) is 43.7 Å². The van der Waals surface area contributed by atoms with Gasteiger partial charge < -0.3 is 9.88 Å². The van der Waals surface area contributed by atoms with Crippen LogP contribution in [0.5, 0.6) is 0 Å². The number of aromatic nitrogens is 2. The quantitative estimate of drug-likeness (QED) is 0.847. The van der Waals surface area contributed by atoms with Crippen molar-refractivity contribution in [2.45, 2.75) is 26.2 Å². The van der Waals surface area contributed by atoms with E-state index in [4.69, 9.17) is 5.26 Å². The molecule has 1 aromatic carbocycles. The molecule has 0 atom stereocenters. The molecule has 3 rings (SSSR count). The van der Waals surface area contributed by atoms with Crippen LogP contribution in [0.3, 0.4) is 0 Å². The predicted octanol–water partition coefficient (Wildman–Crippen LogP) is 2.32. The van der Waals surface area contributed by atoms with Gasteiger partial charge in [0, 0.05) is 13.6 Å². The third kappa shape index (κ3) is 2.41. The van der Waals surface area contributed by atoms with Crippen molar-refractivity contribution in [3.05, 3.63) is 29.6 Å². The minimum absolute atomic E-state index is 0.0535. The maximum Gasteiger partial charge on any atom is 0.106 e. The van der Waals surface area contributed by atoms with Gasteiger partial charge in [0.1, 0.15) is 5.82 Å². The minimum atomic E-state index is -0.0535. The first-order valence-electron chi connectivity index (χ1n) is 7.17. The molecule has 2 aromatic rings. The number of imidazole rings is 1. The maximum atomic E-state index is 9.02. The van der Waals surface area contributed by atoms with Gasteiger partial charge in [-0.2, -0.15) is 5.26 Å². The Morgan fingerprint density at radius 3 is 2.95 bits per heavy atom. The van der Waals surface area contributed by atoms with Gasteiger partial charge in [0.25, 0.3) is 0 Å². The summed E-state index contributed by atoms with van der Waals surface area (Å²) < 4.78 is 2.11. The zero-order valence-corrected chi connectivity index (χ0v) is 12.1. The number of hydrogen-bond donors (Lipinski definition) is 1. The second kappa shape index (κ2) is 4.92. The van der Waals surface area contributed by atoms with Gasteiger partial charge in [0.2, 0.25) is 0 Å². The summed E-state index contributed by atoms with van der Waals surface area (Å²) in [6.07, 6.45) is 3.08. The summed E-state index contributed by atoms with van der Waals surface area (Å²) in [6.45, 7) is 3.77. The SMILES string of the molecule is Cc1nc2cc(CCNCC3(C#N)CC3)ccc2n1C. The third-order valence-corrected chi connectivity index (χ3v) is 4.31. The van der Waals surface area contributed by atoms with Gasteiger partial charge >= 0.3 is 0 Å². The summed E-state index contributed by atoms with van der Waals surface area (Å²) in [7, 11) is 2.04. The van der Waals surface area contributed by atoms with E-state index >= 15 is 0 Å². The first kappa shape index (κ1) is 13.1. The molecule has 0 bridgehead atoms. The molecule has 104 valence electrons. The molecule has 0 unspecified atom stereocenters. The Labute approximate surface area is 119 Å². The van der Waals surface area contributed by atoms with Crippen LogP contribution in [-0.4, -0.2) is 22.6 Å². The Bertz CT molecular complexity index is 674. The zero-order valence-electron chi connectivity index (χ0n) is 12.1. The summed E-state index contributed by atoms with van der Waals surface area (Å²) in [6, 6.07) is 8.89. The Hall–Kier alpha value is -1.86. The summed E-state index contributed by atoms with van der Waals surface area (Å²) in [5, 5.41) is 12.4. The second-order valence-corrected chi connectivity index (χ2v) is 5.86. The molecule has 4 heteroatoms. The van der Waals surface area contributed by atoms with Gasteiger partial charge in [-0.1, -0.05) is 6.07 Å². The molecule has 0 saturated heterocycles. The average molecular weight is 268 g/mol. The van der Waals surface area contributed by atoms with Crippen molar-refractivity contribution in [2.75, 3.05) is 13.1 Å². The molecule has 0 spiro atoms. The Morgan fingerprint density at radius 2 is 2.25 bits per heavy atom. The second-order valence-electron chi connectivity index (χ2n) is 5.86. The molecule has 1 saturated carbocycles. The smallest absolute Gasteiger partial charge is 0.106 e. The van der Waals surface area contributed by atoms with E-state index in [0.29, 0.717) is 0 Å². The molecular weight excluding hydrogens is 248 g/mol. The highest BCUT2D eigenvalue weighted by molar-refractivity contribution is 5.76. The first-order valence-corrected chi connectivity index (χ1v) is 7.17. The van der Waals surface area contributed by atoms with Crippen LogP contribution in [0.15, 0.2) is 18.2 Å². The highest BCUT2D eigenvalue weighted by Gasteiger charge is 2.42. The van der Waals surface area contributed by atoms with E-state index in [1.807, 2.05) is 14.0 Å². The Kier molecular flexibility index (Phi) is 3.23. The molecule has 1 heterocycles. The standard InChI is InChI=1S/C16H20N4/c1-12-19-14-9-13(3-4-15(14)20(12)2)5-8-18-11-16(10-17)6-7-16/h3-4,9,18H,5-8,11H2,1-2H3. The lowest BCUT2D eigenvalue weighted by Crippen LogP contribution is -2.25. The molecule has 1 N–H and O–H groups in total. The van der Waals surface area contributed by atoms with Crippen LogP contribution < -0.4 is 5.32 Å². The highest BCUT2D eigenvalue weighted by atomic mass is 15.0. The van der Waals surface area contributed by atoms with Crippen molar-refractivity contribution < 1.29 is 0 Å². The lowest BCUT2D eigenvalue weighted by atomic mass is 10.1. The lowest BCUT2D eigenvalue weighted by Gasteiger charge is -2.08. The normalized spacial score (nSPS) is 16.2. The molecule has 4 nitrogen and oxygen atoms in total. The molecular formula is C16H20N4. The van der Waals surface area contributed by atoms with Crippen LogP contribution in [0, 0.1) is 23.7 Å². The van der Waals surface area contributed by atoms with Gasteiger partial charge in [-0.25, -0.2) is 4.98 Å². The summed E-state index contributed by atoms with van der Waals surface area (Å²) in [4.78, 5) is 4.56. The monoisotopic (exact) mass is 268 g/mol. The number of benzene rings is 1. The van der Waals surface area contributed by atoms with Crippen LogP contribution in [0.2, 0.25) is 0 Å². The third-order valence-electron chi connectivity index (χ3n) is 4.31. The Balaban J connectivity index is 1.59. The van der Waals surface area contributed by atoms with Crippen LogP contribution in [0.4, 0.5) is 0 Å². The first-order chi connectivity index (χ1) is 9.63. The molecule has 1 aromatic heterocycles. The average Bonchev–Trinajstić information content (AvgIpc) is 3.18. The van der Waals surface area contributed by atoms with E-state index in [2.05, 4.69) is 39.1 Å². The molecule has 0 aliphatic heterocycles. The van der Waals surface area contributed by atoms with E-state index in [1.54, 1.807) is 0 Å². The topological polar surface area (TPSA) is 53.6 Å². The van der Waals surface area contributed by atoms with Crippen molar-refractivity contribution >= 4 is 11.0 Å². The Morgan fingerprint density at radius 1 is 1.45 bits per heavy atom. The molecule has 1 aliphatic rings.